The van der Waals surface area contributed by atoms with Crippen LogP contribution in [0.15, 0.2) is 24.3 Å². The SMILES string of the molecule is Cc1ccccc1-n1nc(C)c(O)c1CC(C)C. The molecule has 1 heterocycles. The second-order valence-corrected chi connectivity index (χ2v) is 5.18. The molecule has 0 bridgehead atoms. The lowest BCUT2D eigenvalue weighted by molar-refractivity contribution is 0.456. The number of para-hydroxylation sites is 1. The van der Waals surface area contributed by atoms with E-state index >= 15 is 0 Å². The van der Waals surface area contributed by atoms with Gasteiger partial charge < -0.3 is 5.11 Å². The molecule has 18 heavy (non-hydrogen) atoms. The van der Waals surface area contributed by atoms with Crippen molar-refractivity contribution in [3.05, 3.63) is 41.2 Å². The molecule has 0 spiro atoms. The van der Waals surface area contributed by atoms with Crippen LogP contribution in [0.5, 0.6) is 5.75 Å². The van der Waals surface area contributed by atoms with Crippen LogP contribution >= 0.6 is 0 Å². The Morgan fingerprint density at radius 3 is 2.50 bits per heavy atom. The lowest BCUT2D eigenvalue weighted by Crippen LogP contribution is -2.06. The first-order valence-corrected chi connectivity index (χ1v) is 6.34. The average molecular weight is 244 g/mol. The molecule has 0 saturated heterocycles. The first-order valence-electron chi connectivity index (χ1n) is 6.34. The zero-order valence-corrected chi connectivity index (χ0v) is 11.4. The van der Waals surface area contributed by atoms with Crippen LogP contribution in [0, 0.1) is 19.8 Å². The zero-order valence-electron chi connectivity index (χ0n) is 11.4. The number of aromatic nitrogens is 2. The van der Waals surface area contributed by atoms with Crippen molar-refractivity contribution in [3.63, 3.8) is 0 Å². The van der Waals surface area contributed by atoms with Gasteiger partial charge in [-0.3, -0.25) is 0 Å². The first-order chi connectivity index (χ1) is 8.50. The molecule has 0 unspecified atom stereocenters. The molecular weight excluding hydrogens is 224 g/mol. The van der Waals surface area contributed by atoms with Gasteiger partial charge in [0.25, 0.3) is 0 Å². The van der Waals surface area contributed by atoms with Gasteiger partial charge in [-0.05, 0) is 37.8 Å². The summed E-state index contributed by atoms with van der Waals surface area (Å²) in [7, 11) is 0. The Morgan fingerprint density at radius 1 is 1.22 bits per heavy atom. The van der Waals surface area contributed by atoms with Crippen molar-refractivity contribution >= 4 is 0 Å². The first kappa shape index (κ1) is 12.7. The Balaban J connectivity index is 2.57. The topological polar surface area (TPSA) is 38.0 Å². The maximum Gasteiger partial charge on any atom is 0.160 e. The Bertz CT molecular complexity index is 556. The van der Waals surface area contributed by atoms with Crippen molar-refractivity contribution < 1.29 is 5.11 Å². The van der Waals surface area contributed by atoms with E-state index in [-0.39, 0.29) is 0 Å². The van der Waals surface area contributed by atoms with Gasteiger partial charge in [0, 0.05) is 0 Å². The Kier molecular flexibility index (Phi) is 3.41. The van der Waals surface area contributed by atoms with Gasteiger partial charge in [0.15, 0.2) is 5.75 Å². The summed E-state index contributed by atoms with van der Waals surface area (Å²) >= 11 is 0. The fourth-order valence-electron chi connectivity index (χ4n) is 2.14. The third-order valence-electron chi connectivity index (χ3n) is 3.07. The minimum Gasteiger partial charge on any atom is -0.504 e. The highest BCUT2D eigenvalue weighted by molar-refractivity contribution is 5.45. The van der Waals surface area contributed by atoms with Gasteiger partial charge in [0.2, 0.25) is 0 Å². The quantitative estimate of drug-likeness (QED) is 0.898. The van der Waals surface area contributed by atoms with E-state index in [1.54, 1.807) is 0 Å². The van der Waals surface area contributed by atoms with Crippen molar-refractivity contribution in [1.29, 1.82) is 0 Å². The normalized spacial score (nSPS) is 11.2. The monoisotopic (exact) mass is 244 g/mol. The number of aryl methyl sites for hydroxylation is 2. The van der Waals surface area contributed by atoms with Gasteiger partial charge in [0.1, 0.15) is 5.69 Å². The molecule has 0 aliphatic rings. The zero-order chi connectivity index (χ0) is 13.3. The number of rotatable bonds is 3. The average Bonchev–Trinajstić information content (AvgIpc) is 2.57. The summed E-state index contributed by atoms with van der Waals surface area (Å²) in [5, 5.41) is 14.6. The molecular formula is C15H20N2O. The molecule has 0 fully saturated rings. The van der Waals surface area contributed by atoms with Crippen LogP contribution < -0.4 is 0 Å². The smallest absolute Gasteiger partial charge is 0.160 e. The van der Waals surface area contributed by atoms with E-state index in [9.17, 15) is 5.11 Å². The highest BCUT2D eigenvalue weighted by Crippen LogP contribution is 2.27. The predicted molar refractivity (Wildman–Crippen MR) is 73.2 cm³/mol. The Hall–Kier alpha value is -1.77. The van der Waals surface area contributed by atoms with Gasteiger partial charge in [0.05, 0.1) is 11.4 Å². The van der Waals surface area contributed by atoms with Crippen molar-refractivity contribution in [2.45, 2.75) is 34.1 Å². The van der Waals surface area contributed by atoms with Crippen molar-refractivity contribution in [2.24, 2.45) is 5.92 Å². The van der Waals surface area contributed by atoms with Crippen LogP contribution in [-0.4, -0.2) is 14.9 Å². The van der Waals surface area contributed by atoms with Gasteiger partial charge >= 0.3 is 0 Å². The van der Waals surface area contributed by atoms with E-state index in [1.165, 1.54) is 0 Å². The molecule has 0 aliphatic heterocycles. The number of benzene rings is 1. The minimum atomic E-state index is 0.326. The molecule has 0 radical (unpaired) electrons. The molecule has 0 aliphatic carbocycles. The lowest BCUT2D eigenvalue weighted by atomic mass is 10.1. The standard InChI is InChI=1S/C15H20N2O/c1-10(2)9-14-15(18)12(4)16-17(14)13-8-6-5-7-11(13)3/h5-8,10,18H,9H2,1-4H3. The fraction of sp³-hybridized carbons (Fsp3) is 0.400. The molecule has 1 N–H and O–H groups in total. The second kappa shape index (κ2) is 4.84. The summed E-state index contributed by atoms with van der Waals surface area (Å²) < 4.78 is 1.88. The highest BCUT2D eigenvalue weighted by atomic mass is 16.3. The van der Waals surface area contributed by atoms with Gasteiger partial charge in [-0.15, -0.1) is 0 Å². The minimum absolute atomic E-state index is 0.326. The second-order valence-electron chi connectivity index (χ2n) is 5.18. The van der Waals surface area contributed by atoms with Crippen molar-refractivity contribution in [2.75, 3.05) is 0 Å². The summed E-state index contributed by atoms with van der Waals surface area (Å²) in [6.45, 7) is 8.18. The maximum atomic E-state index is 10.1. The molecule has 2 rings (SSSR count). The van der Waals surface area contributed by atoms with Crippen LogP contribution in [0.25, 0.3) is 5.69 Å². The van der Waals surface area contributed by atoms with E-state index in [0.29, 0.717) is 17.4 Å². The molecule has 0 atom stereocenters. The van der Waals surface area contributed by atoms with Crippen molar-refractivity contribution in [1.82, 2.24) is 9.78 Å². The van der Waals surface area contributed by atoms with Crippen LogP contribution in [0.2, 0.25) is 0 Å². The number of hydrogen-bond acceptors (Lipinski definition) is 2. The number of nitrogens with zero attached hydrogens (tertiary/aromatic N) is 2. The molecule has 1 aromatic carbocycles. The summed E-state index contributed by atoms with van der Waals surface area (Å²) in [6.07, 6.45) is 0.820. The van der Waals surface area contributed by atoms with E-state index in [4.69, 9.17) is 0 Å². The van der Waals surface area contributed by atoms with E-state index in [0.717, 1.165) is 23.4 Å². The van der Waals surface area contributed by atoms with Crippen LogP contribution in [0.4, 0.5) is 0 Å². The molecule has 3 heteroatoms. The molecule has 0 saturated carbocycles. The Labute approximate surface area is 108 Å². The van der Waals surface area contributed by atoms with Crippen molar-refractivity contribution in [3.8, 4) is 11.4 Å². The van der Waals surface area contributed by atoms with Gasteiger partial charge in [-0.1, -0.05) is 32.0 Å². The number of aromatic hydroxyl groups is 1. The van der Waals surface area contributed by atoms with E-state index < -0.39 is 0 Å². The Morgan fingerprint density at radius 2 is 1.89 bits per heavy atom. The summed E-state index contributed by atoms with van der Waals surface area (Å²) in [5.74, 6) is 0.807. The van der Waals surface area contributed by atoms with Crippen LogP contribution in [0.1, 0.15) is 30.8 Å². The molecule has 1 aromatic heterocycles. The largest absolute Gasteiger partial charge is 0.504 e. The summed E-state index contributed by atoms with van der Waals surface area (Å²) in [6, 6.07) is 8.10. The molecule has 3 nitrogen and oxygen atoms in total. The number of hydrogen-bond donors (Lipinski definition) is 1. The molecule has 0 amide bonds. The summed E-state index contributed by atoms with van der Waals surface area (Å²) in [5.41, 5.74) is 3.78. The van der Waals surface area contributed by atoms with Gasteiger partial charge in [-0.2, -0.15) is 5.10 Å². The third-order valence-corrected chi connectivity index (χ3v) is 3.07. The maximum absolute atomic E-state index is 10.1. The predicted octanol–water partition coefficient (Wildman–Crippen LogP) is 3.39. The van der Waals surface area contributed by atoms with E-state index in [1.807, 2.05) is 29.8 Å². The molecule has 96 valence electrons. The molecule has 2 aromatic rings. The highest BCUT2D eigenvalue weighted by Gasteiger charge is 2.17. The third kappa shape index (κ3) is 2.26. The van der Waals surface area contributed by atoms with Crippen LogP contribution in [-0.2, 0) is 6.42 Å². The van der Waals surface area contributed by atoms with Crippen LogP contribution in [0.3, 0.4) is 0 Å². The fourth-order valence-corrected chi connectivity index (χ4v) is 2.14. The summed E-state index contributed by atoms with van der Waals surface area (Å²) in [4.78, 5) is 0. The van der Waals surface area contributed by atoms with Gasteiger partial charge in [-0.25, -0.2) is 4.68 Å². The van der Waals surface area contributed by atoms with E-state index in [2.05, 4.69) is 31.9 Å². The lowest BCUT2D eigenvalue weighted by Gasteiger charge is -2.11.